The molecule has 0 spiro atoms. The fraction of sp³-hybridized carbons (Fsp3) is 0.118. The Morgan fingerprint density at radius 3 is 2.65 bits per heavy atom. The van der Waals surface area contributed by atoms with Crippen LogP contribution in [0.5, 0.6) is 0 Å². The lowest BCUT2D eigenvalue weighted by molar-refractivity contribution is 0.922. The number of benzene rings is 2. The zero-order chi connectivity index (χ0) is 13.4. The Balaban J connectivity index is 2.09. The van der Waals surface area contributed by atoms with E-state index in [1.807, 2.05) is 36.5 Å². The molecule has 96 valence electrons. The van der Waals surface area contributed by atoms with E-state index in [-0.39, 0.29) is 0 Å². The SMILES string of the molecule is C1=Nc2cccc3c(-c4ccccc4)nnc(c23)CC1. The van der Waals surface area contributed by atoms with Crippen molar-refractivity contribution in [3.63, 3.8) is 0 Å². The van der Waals surface area contributed by atoms with Crippen LogP contribution in [0, 0.1) is 0 Å². The average Bonchev–Trinajstić information content (AvgIpc) is 2.73. The molecule has 1 aromatic heterocycles. The van der Waals surface area contributed by atoms with Crippen molar-refractivity contribution in [2.45, 2.75) is 12.8 Å². The molecule has 2 heterocycles. The Labute approximate surface area is 117 Å². The summed E-state index contributed by atoms with van der Waals surface area (Å²) in [5.74, 6) is 0. The molecule has 4 rings (SSSR count). The second-order valence-electron chi connectivity index (χ2n) is 4.91. The highest BCUT2D eigenvalue weighted by atomic mass is 15.1. The van der Waals surface area contributed by atoms with Crippen LogP contribution in [0.2, 0.25) is 0 Å². The minimum Gasteiger partial charge on any atom is -0.261 e. The summed E-state index contributed by atoms with van der Waals surface area (Å²) >= 11 is 0. The number of aromatic nitrogens is 2. The van der Waals surface area contributed by atoms with Gasteiger partial charge in [-0.1, -0.05) is 42.5 Å². The topological polar surface area (TPSA) is 38.1 Å². The summed E-state index contributed by atoms with van der Waals surface area (Å²) in [5.41, 5.74) is 4.08. The number of aryl methyl sites for hydroxylation is 1. The van der Waals surface area contributed by atoms with Crippen molar-refractivity contribution < 1.29 is 0 Å². The van der Waals surface area contributed by atoms with Crippen molar-refractivity contribution in [1.29, 1.82) is 0 Å². The van der Waals surface area contributed by atoms with Crippen LogP contribution in [0.3, 0.4) is 0 Å². The Kier molecular flexibility index (Phi) is 2.56. The van der Waals surface area contributed by atoms with Crippen molar-refractivity contribution >= 4 is 22.7 Å². The minimum atomic E-state index is 0.902. The molecule has 2 aromatic carbocycles. The molecule has 0 fully saturated rings. The number of hydrogen-bond donors (Lipinski definition) is 0. The molecule has 3 nitrogen and oxygen atoms in total. The first-order valence-corrected chi connectivity index (χ1v) is 6.80. The lowest BCUT2D eigenvalue weighted by Crippen LogP contribution is -1.97. The van der Waals surface area contributed by atoms with Gasteiger partial charge in [0.05, 0.1) is 11.4 Å². The summed E-state index contributed by atoms with van der Waals surface area (Å²) in [7, 11) is 0. The molecule has 3 aromatic rings. The molecule has 0 bridgehead atoms. The van der Waals surface area contributed by atoms with Gasteiger partial charge in [0.15, 0.2) is 0 Å². The second kappa shape index (κ2) is 4.53. The van der Waals surface area contributed by atoms with E-state index in [4.69, 9.17) is 0 Å². The van der Waals surface area contributed by atoms with E-state index in [9.17, 15) is 0 Å². The number of hydrogen-bond acceptors (Lipinski definition) is 3. The van der Waals surface area contributed by atoms with E-state index >= 15 is 0 Å². The summed E-state index contributed by atoms with van der Waals surface area (Å²) < 4.78 is 0. The van der Waals surface area contributed by atoms with Crippen LogP contribution in [0.25, 0.3) is 22.0 Å². The molecule has 0 aliphatic carbocycles. The van der Waals surface area contributed by atoms with Gasteiger partial charge in [0.2, 0.25) is 0 Å². The second-order valence-corrected chi connectivity index (χ2v) is 4.91. The van der Waals surface area contributed by atoms with Gasteiger partial charge in [-0.05, 0) is 18.9 Å². The smallest absolute Gasteiger partial charge is 0.101 e. The lowest BCUT2D eigenvalue weighted by atomic mass is 10.0. The molecule has 1 aliphatic rings. The normalized spacial score (nSPS) is 13.4. The summed E-state index contributed by atoms with van der Waals surface area (Å²) in [5, 5.41) is 11.2. The van der Waals surface area contributed by atoms with Gasteiger partial charge in [0, 0.05) is 22.6 Å². The molecule has 0 saturated heterocycles. The third kappa shape index (κ3) is 1.71. The molecular formula is C17H13N3. The largest absolute Gasteiger partial charge is 0.261 e. The first-order chi connectivity index (χ1) is 9.93. The summed E-state index contributed by atoms with van der Waals surface area (Å²) in [6, 6.07) is 16.4. The van der Waals surface area contributed by atoms with E-state index in [1.54, 1.807) is 0 Å². The van der Waals surface area contributed by atoms with Crippen LogP contribution < -0.4 is 0 Å². The standard InChI is InChI=1S/C17H13N3/c1-2-6-12(7-3-1)17-13-8-4-9-14-16(13)15(19-20-17)10-5-11-18-14/h1-4,6-9,11H,5,10H2. The molecule has 0 N–H and O–H groups in total. The predicted octanol–water partition coefficient (Wildman–Crippen LogP) is 3.95. The van der Waals surface area contributed by atoms with Gasteiger partial charge in [-0.3, -0.25) is 4.99 Å². The lowest BCUT2D eigenvalue weighted by Gasteiger charge is -2.09. The first kappa shape index (κ1) is 11.3. The highest BCUT2D eigenvalue weighted by Crippen LogP contribution is 2.35. The van der Waals surface area contributed by atoms with Crippen molar-refractivity contribution in [2.75, 3.05) is 0 Å². The van der Waals surface area contributed by atoms with Crippen molar-refractivity contribution in [2.24, 2.45) is 4.99 Å². The van der Waals surface area contributed by atoms with Crippen molar-refractivity contribution in [3.05, 3.63) is 54.2 Å². The Morgan fingerprint density at radius 2 is 1.75 bits per heavy atom. The van der Waals surface area contributed by atoms with Gasteiger partial charge in [-0.15, -0.1) is 5.10 Å². The van der Waals surface area contributed by atoms with Crippen LogP contribution in [-0.2, 0) is 6.42 Å². The molecule has 0 amide bonds. The fourth-order valence-electron chi connectivity index (χ4n) is 2.71. The maximum Gasteiger partial charge on any atom is 0.101 e. The monoisotopic (exact) mass is 259 g/mol. The summed E-state index contributed by atoms with van der Waals surface area (Å²) in [6.07, 6.45) is 3.79. The highest BCUT2D eigenvalue weighted by Gasteiger charge is 2.14. The maximum absolute atomic E-state index is 4.55. The third-order valence-electron chi connectivity index (χ3n) is 3.64. The van der Waals surface area contributed by atoms with E-state index in [0.29, 0.717) is 0 Å². The number of aliphatic imine (C=N–C) groups is 1. The van der Waals surface area contributed by atoms with E-state index < -0.39 is 0 Å². The van der Waals surface area contributed by atoms with Crippen LogP contribution in [0.1, 0.15) is 12.1 Å². The molecule has 1 aliphatic heterocycles. The van der Waals surface area contributed by atoms with Crippen molar-refractivity contribution in [3.8, 4) is 11.3 Å². The molecule has 3 heteroatoms. The maximum atomic E-state index is 4.55. The first-order valence-electron chi connectivity index (χ1n) is 6.80. The summed E-state index contributed by atoms with van der Waals surface area (Å²) in [4.78, 5) is 4.55. The molecule has 20 heavy (non-hydrogen) atoms. The summed E-state index contributed by atoms with van der Waals surface area (Å²) in [6.45, 7) is 0. The minimum absolute atomic E-state index is 0.902. The Hall–Kier alpha value is -2.55. The van der Waals surface area contributed by atoms with Crippen LogP contribution in [0.4, 0.5) is 5.69 Å². The van der Waals surface area contributed by atoms with Crippen LogP contribution in [-0.4, -0.2) is 16.4 Å². The molecular weight excluding hydrogens is 246 g/mol. The van der Waals surface area contributed by atoms with E-state index in [2.05, 4.69) is 33.4 Å². The van der Waals surface area contributed by atoms with Gasteiger partial charge in [0.25, 0.3) is 0 Å². The molecule has 0 atom stereocenters. The van der Waals surface area contributed by atoms with Gasteiger partial charge in [0.1, 0.15) is 5.69 Å². The number of nitrogens with zero attached hydrogens (tertiary/aromatic N) is 3. The number of rotatable bonds is 1. The van der Waals surface area contributed by atoms with E-state index in [0.717, 1.165) is 46.3 Å². The quantitative estimate of drug-likeness (QED) is 0.663. The van der Waals surface area contributed by atoms with Crippen molar-refractivity contribution in [1.82, 2.24) is 10.2 Å². The Bertz CT molecular complexity index is 807. The van der Waals surface area contributed by atoms with Gasteiger partial charge in [-0.25, -0.2) is 0 Å². The highest BCUT2D eigenvalue weighted by molar-refractivity contribution is 6.03. The van der Waals surface area contributed by atoms with Crippen LogP contribution in [0.15, 0.2) is 53.5 Å². The Morgan fingerprint density at radius 1 is 0.850 bits per heavy atom. The predicted molar refractivity (Wildman–Crippen MR) is 81.4 cm³/mol. The zero-order valence-corrected chi connectivity index (χ0v) is 11.0. The van der Waals surface area contributed by atoms with Crippen LogP contribution >= 0.6 is 0 Å². The zero-order valence-electron chi connectivity index (χ0n) is 11.0. The van der Waals surface area contributed by atoms with Gasteiger partial charge in [-0.2, -0.15) is 5.10 Å². The van der Waals surface area contributed by atoms with E-state index in [1.165, 1.54) is 0 Å². The average molecular weight is 259 g/mol. The fourth-order valence-corrected chi connectivity index (χ4v) is 2.71. The molecule has 0 saturated carbocycles. The molecule has 0 unspecified atom stereocenters. The van der Waals surface area contributed by atoms with Gasteiger partial charge >= 0.3 is 0 Å². The molecule has 0 radical (unpaired) electrons. The third-order valence-corrected chi connectivity index (χ3v) is 3.64. The van der Waals surface area contributed by atoms with Gasteiger partial charge < -0.3 is 0 Å².